The molecular formula is C17H24ClN3. The number of rotatable bonds is 5. The first-order valence-corrected chi connectivity index (χ1v) is 7.73. The molecule has 0 bridgehead atoms. The maximum atomic E-state index is 6.43. The van der Waals surface area contributed by atoms with Crippen molar-refractivity contribution in [3.8, 4) is 0 Å². The fourth-order valence-corrected chi connectivity index (χ4v) is 3.15. The van der Waals surface area contributed by atoms with Crippen molar-refractivity contribution in [2.75, 3.05) is 7.05 Å². The molecule has 1 atom stereocenters. The van der Waals surface area contributed by atoms with Gasteiger partial charge in [0.2, 0.25) is 0 Å². The summed E-state index contributed by atoms with van der Waals surface area (Å²) in [5, 5.41) is 8.58. The molecule has 1 aromatic heterocycles. The zero-order valence-electron chi connectivity index (χ0n) is 13.4. The molecule has 1 N–H and O–H groups in total. The van der Waals surface area contributed by atoms with Crippen molar-refractivity contribution in [1.29, 1.82) is 0 Å². The quantitative estimate of drug-likeness (QED) is 0.889. The zero-order valence-corrected chi connectivity index (χ0v) is 14.1. The Balaban J connectivity index is 2.52. The molecule has 0 aliphatic rings. The van der Waals surface area contributed by atoms with Gasteiger partial charge in [0, 0.05) is 11.5 Å². The summed E-state index contributed by atoms with van der Waals surface area (Å²) in [7, 11) is 1.98. The molecule has 0 fully saturated rings. The van der Waals surface area contributed by atoms with Crippen LogP contribution in [0.4, 0.5) is 0 Å². The molecule has 1 unspecified atom stereocenters. The fraction of sp³-hybridized carbons (Fsp3) is 0.471. The van der Waals surface area contributed by atoms with E-state index < -0.39 is 0 Å². The number of hydrogen-bond acceptors (Lipinski definition) is 2. The van der Waals surface area contributed by atoms with Crippen LogP contribution >= 0.6 is 11.6 Å². The minimum absolute atomic E-state index is 0.0808. The monoisotopic (exact) mass is 305 g/mol. The second kappa shape index (κ2) is 6.20. The highest BCUT2D eigenvalue weighted by Gasteiger charge is 2.35. The second-order valence-electron chi connectivity index (χ2n) is 6.23. The largest absolute Gasteiger partial charge is 0.311 e. The molecule has 0 amide bonds. The van der Waals surface area contributed by atoms with Crippen LogP contribution in [0.3, 0.4) is 0 Å². The molecule has 1 aromatic carbocycles. The molecule has 0 saturated heterocycles. The molecule has 1 heterocycles. The van der Waals surface area contributed by atoms with Crippen LogP contribution in [-0.2, 0) is 5.41 Å². The van der Waals surface area contributed by atoms with Gasteiger partial charge in [0.15, 0.2) is 0 Å². The molecule has 0 spiro atoms. The van der Waals surface area contributed by atoms with E-state index in [2.05, 4.69) is 62.4 Å². The Morgan fingerprint density at radius 1 is 1.19 bits per heavy atom. The minimum atomic E-state index is -0.105. The van der Waals surface area contributed by atoms with Crippen molar-refractivity contribution < 1.29 is 0 Å². The lowest BCUT2D eigenvalue weighted by molar-refractivity contribution is 0.337. The van der Waals surface area contributed by atoms with E-state index in [0.29, 0.717) is 5.02 Å². The van der Waals surface area contributed by atoms with Crippen LogP contribution in [0.5, 0.6) is 0 Å². The molecule has 0 aliphatic heterocycles. The molecule has 3 nitrogen and oxygen atoms in total. The maximum Gasteiger partial charge on any atom is 0.0834 e. The zero-order chi connectivity index (χ0) is 15.6. The van der Waals surface area contributed by atoms with Gasteiger partial charge in [-0.1, -0.05) is 55.8 Å². The van der Waals surface area contributed by atoms with E-state index in [9.17, 15) is 0 Å². The van der Waals surface area contributed by atoms with Gasteiger partial charge >= 0.3 is 0 Å². The molecular weight excluding hydrogens is 282 g/mol. The van der Waals surface area contributed by atoms with Gasteiger partial charge in [-0.05, 0) is 26.5 Å². The predicted molar refractivity (Wildman–Crippen MR) is 88.9 cm³/mol. The summed E-state index contributed by atoms with van der Waals surface area (Å²) in [6.07, 6.45) is 1.74. The highest BCUT2D eigenvalue weighted by atomic mass is 35.5. The van der Waals surface area contributed by atoms with Gasteiger partial charge in [0.1, 0.15) is 0 Å². The Morgan fingerprint density at radius 3 is 2.33 bits per heavy atom. The molecule has 0 saturated carbocycles. The number of nitrogens with zero attached hydrogens (tertiary/aromatic N) is 2. The second-order valence-corrected chi connectivity index (χ2v) is 6.63. The lowest BCUT2D eigenvalue weighted by Gasteiger charge is -2.36. The maximum absolute atomic E-state index is 6.43. The molecule has 4 heteroatoms. The third-order valence-corrected chi connectivity index (χ3v) is 4.37. The molecule has 2 rings (SSSR count). The third-order valence-electron chi connectivity index (χ3n) is 4.08. The smallest absolute Gasteiger partial charge is 0.0834 e. The Labute approximate surface area is 132 Å². The summed E-state index contributed by atoms with van der Waals surface area (Å²) < 4.78 is 2.01. The SMILES string of the molecule is CNC(c1c(Cl)cnn1C(C)C)C(C)(C)c1ccccc1. The lowest BCUT2D eigenvalue weighted by Crippen LogP contribution is -2.37. The van der Waals surface area contributed by atoms with Gasteiger partial charge in [-0.25, -0.2) is 0 Å². The van der Waals surface area contributed by atoms with Crippen LogP contribution in [0.2, 0.25) is 5.02 Å². The standard InChI is InChI=1S/C17H24ClN3/c1-12(2)21-15(14(18)11-20-21)16(19-5)17(3,4)13-9-7-6-8-10-13/h6-12,16,19H,1-5H3. The minimum Gasteiger partial charge on any atom is -0.311 e. The van der Waals surface area contributed by atoms with Crippen molar-refractivity contribution >= 4 is 11.6 Å². The number of aromatic nitrogens is 2. The van der Waals surface area contributed by atoms with Crippen molar-refractivity contribution in [2.45, 2.75) is 45.2 Å². The Bertz CT molecular complexity index is 587. The average molecular weight is 306 g/mol. The third kappa shape index (κ3) is 2.99. The Hall–Kier alpha value is -1.32. The van der Waals surface area contributed by atoms with Crippen LogP contribution in [-0.4, -0.2) is 16.8 Å². The Kier molecular flexibility index (Phi) is 4.74. The normalized spacial score (nSPS) is 13.7. The molecule has 0 aliphatic carbocycles. The van der Waals surface area contributed by atoms with E-state index >= 15 is 0 Å². The van der Waals surface area contributed by atoms with E-state index in [1.54, 1.807) is 6.20 Å². The van der Waals surface area contributed by atoms with Crippen LogP contribution in [0.1, 0.15) is 51.0 Å². The first-order valence-electron chi connectivity index (χ1n) is 7.35. The van der Waals surface area contributed by atoms with Gasteiger partial charge in [0.05, 0.1) is 23.0 Å². The van der Waals surface area contributed by atoms with Gasteiger partial charge < -0.3 is 5.32 Å². The van der Waals surface area contributed by atoms with Crippen molar-refractivity contribution in [3.05, 3.63) is 52.8 Å². The topological polar surface area (TPSA) is 29.9 Å². The first-order chi connectivity index (χ1) is 9.89. The summed E-state index contributed by atoms with van der Waals surface area (Å²) in [5.74, 6) is 0. The first kappa shape index (κ1) is 16.1. The number of hydrogen-bond donors (Lipinski definition) is 1. The van der Waals surface area contributed by atoms with E-state index in [1.165, 1.54) is 5.56 Å². The van der Waals surface area contributed by atoms with Crippen LogP contribution in [0.15, 0.2) is 36.5 Å². The van der Waals surface area contributed by atoms with Crippen molar-refractivity contribution in [1.82, 2.24) is 15.1 Å². The van der Waals surface area contributed by atoms with E-state index in [-0.39, 0.29) is 17.5 Å². The van der Waals surface area contributed by atoms with Gasteiger partial charge in [0.25, 0.3) is 0 Å². The highest BCUT2D eigenvalue weighted by molar-refractivity contribution is 6.31. The number of likely N-dealkylation sites (N-methyl/N-ethyl adjacent to an activating group) is 1. The summed E-state index contributed by atoms with van der Waals surface area (Å²) >= 11 is 6.43. The molecule has 21 heavy (non-hydrogen) atoms. The fourth-order valence-electron chi connectivity index (χ4n) is 2.91. The van der Waals surface area contributed by atoms with Crippen LogP contribution in [0.25, 0.3) is 0 Å². The predicted octanol–water partition coefficient (Wildman–Crippen LogP) is 4.36. The van der Waals surface area contributed by atoms with E-state index in [4.69, 9.17) is 11.6 Å². The summed E-state index contributed by atoms with van der Waals surface area (Å²) in [4.78, 5) is 0. The number of benzene rings is 1. The van der Waals surface area contributed by atoms with Crippen LogP contribution < -0.4 is 5.32 Å². The van der Waals surface area contributed by atoms with E-state index in [0.717, 1.165) is 5.69 Å². The van der Waals surface area contributed by atoms with Gasteiger partial charge in [-0.15, -0.1) is 0 Å². The van der Waals surface area contributed by atoms with Gasteiger partial charge in [-0.3, -0.25) is 4.68 Å². The van der Waals surface area contributed by atoms with E-state index in [1.807, 2.05) is 17.8 Å². The summed E-state index contributed by atoms with van der Waals surface area (Å²) in [6.45, 7) is 8.71. The number of halogens is 1. The summed E-state index contributed by atoms with van der Waals surface area (Å²) in [5.41, 5.74) is 2.21. The average Bonchev–Trinajstić information content (AvgIpc) is 2.83. The molecule has 2 aromatic rings. The van der Waals surface area contributed by atoms with Crippen molar-refractivity contribution in [2.24, 2.45) is 0 Å². The van der Waals surface area contributed by atoms with Crippen LogP contribution in [0, 0.1) is 0 Å². The van der Waals surface area contributed by atoms with Crippen molar-refractivity contribution in [3.63, 3.8) is 0 Å². The number of nitrogens with one attached hydrogen (secondary N) is 1. The highest BCUT2D eigenvalue weighted by Crippen LogP contribution is 2.39. The molecule has 114 valence electrons. The van der Waals surface area contributed by atoms with Gasteiger partial charge in [-0.2, -0.15) is 5.10 Å². The lowest BCUT2D eigenvalue weighted by atomic mass is 9.76. The summed E-state index contributed by atoms with van der Waals surface area (Å²) in [6, 6.07) is 10.9. The Morgan fingerprint density at radius 2 is 1.81 bits per heavy atom. The molecule has 0 radical (unpaired) electrons.